The number of carbonyl (C=O) groups is 1. The molecule has 0 aliphatic carbocycles. The molecule has 3 aromatic carbocycles. The number of rotatable bonds is 9. The van der Waals surface area contributed by atoms with E-state index in [1.54, 1.807) is 18.7 Å². The molecule has 0 unspecified atom stereocenters. The van der Waals surface area contributed by atoms with Gasteiger partial charge in [0, 0.05) is 16.3 Å². The van der Waals surface area contributed by atoms with Crippen molar-refractivity contribution in [3.63, 3.8) is 0 Å². The molecular formula is C28H24ClN5O2S. The van der Waals surface area contributed by atoms with Crippen molar-refractivity contribution < 1.29 is 9.32 Å². The summed E-state index contributed by atoms with van der Waals surface area (Å²) in [6.45, 7) is 2.51. The fourth-order valence-electron chi connectivity index (χ4n) is 3.92. The molecule has 2 heterocycles. The molecule has 0 saturated carbocycles. The van der Waals surface area contributed by atoms with E-state index >= 15 is 0 Å². The highest BCUT2D eigenvalue weighted by Gasteiger charge is 2.22. The second kappa shape index (κ2) is 11.5. The van der Waals surface area contributed by atoms with Crippen molar-refractivity contribution in [2.24, 2.45) is 0 Å². The first kappa shape index (κ1) is 24.8. The minimum Gasteiger partial charge on any atom is -0.360 e. The number of amides is 1. The van der Waals surface area contributed by atoms with Gasteiger partial charge in [-0.05, 0) is 24.1 Å². The smallest absolute Gasteiger partial charge is 0.257 e. The maximum absolute atomic E-state index is 13.2. The Kier molecular flexibility index (Phi) is 7.67. The van der Waals surface area contributed by atoms with Crippen molar-refractivity contribution in [3.05, 3.63) is 118 Å². The van der Waals surface area contributed by atoms with E-state index in [2.05, 4.69) is 32.8 Å². The highest BCUT2D eigenvalue weighted by atomic mass is 35.5. The fourth-order valence-corrected chi connectivity index (χ4v) is 5.16. The first-order chi connectivity index (χ1) is 18.1. The number of hydrogen-bond acceptors (Lipinski definition) is 6. The first-order valence-electron chi connectivity index (χ1n) is 11.7. The molecule has 0 atom stereocenters. The van der Waals surface area contributed by atoms with Crippen LogP contribution < -0.4 is 5.32 Å². The van der Waals surface area contributed by atoms with Gasteiger partial charge in [0.05, 0.1) is 13.1 Å². The predicted molar refractivity (Wildman–Crippen MR) is 144 cm³/mol. The van der Waals surface area contributed by atoms with Crippen molar-refractivity contribution in [2.75, 3.05) is 0 Å². The highest BCUT2D eigenvalue weighted by molar-refractivity contribution is 7.98. The number of benzene rings is 3. The number of nitrogens with one attached hydrogen (secondary N) is 1. The number of aryl methyl sites for hydroxylation is 1. The molecule has 0 aliphatic heterocycles. The van der Waals surface area contributed by atoms with Crippen LogP contribution in [-0.4, -0.2) is 25.8 Å². The van der Waals surface area contributed by atoms with Crippen molar-refractivity contribution >= 4 is 29.3 Å². The van der Waals surface area contributed by atoms with E-state index in [0.29, 0.717) is 35.1 Å². The Morgan fingerprint density at radius 3 is 2.43 bits per heavy atom. The van der Waals surface area contributed by atoms with Gasteiger partial charge in [-0.2, -0.15) is 0 Å². The SMILES string of the molecule is Cc1onc(-c2ccccc2)c1C(=O)NCc1nnc(SCc2ccccc2Cl)n1Cc1ccccc1. The molecule has 37 heavy (non-hydrogen) atoms. The van der Waals surface area contributed by atoms with Crippen LogP contribution in [0.5, 0.6) is 0 Å². The number of aromatic nitrogens is 4. The standard InChI is InChI=1S/C28H24ClN5O2S/c1-19-25(26(33-36-19)21-12-6-3-7-13-21)27(35)30-16-24-31-32-28(34(24)17-20-10-4-2-5-11-20)37-18-22-14-8-9-15-23(22)29/h2-15H,16-18H2,1H3,(H,30,35). The van der Waals surface area contributed by atoms with Gasteiger partial charge < -0.3 is 14.4 Å². The van der Waals surface area contributed by atoms with Crippen LogP contribution in [0.15, 0.2) is 94.6 Å². The van der Waals surface area contributed by atoms with Gasteiger partial charge in [0.25, 0.3) is 5.91 Å². The largest absolute Gasteiger partial charge is 0.360 e. The molecular weight excluding hydrogens is 506 g/mol. The van der Waals surface area contributed by atoms with E-state index in [1.807, 2.05) is 77.4 Å². The van der Waals surface area contributed by atoms with Crippen molar-refractivity contribution in [1.82, 2.24) is 25.2 Å². The molecule has 0 saturated heterocycles. The number of halogens is 1. The van der Waals surface area contributed by atoms with E-state index in [9.17, 15) is 4.79 Å². The Morgan fingerprint density at radius 2 is 1.68 bits per heavy atom. The lowest BCUT2D eigenvalue weighted by atomic mass is 10.1. The van der Waals surface area contributed by atoms with Crippen molar-refractivity contribution in [1.29, 1.82) is 0 Å². The van der Waals surface area contributed by atoms with E-state index in [0.717, 1.165) is 26.9 Å². The topological polar surface area (TPSA) is 85.8 Å². The zero-order chi connectivity index (χ0) is 25.6. The second-order valence-electron chi connectivity index (χ2n) is 8.36. The summed E-state index contributed by atoms with van der Waals surface area (Å²) < 4.78 is 7.38. The third-order valence-electron chi connectivity index (χ3n) is 5.84. The molecule has 0 aliphatic rings. The molecule has 1 amide bonds. The molecule has 7 nitrogen and oxygen atoms in total. The van der Waals surface area contributed by atoms with Crippen LogP contribution in [0.25, 0.3) is 11.3 Å². The predicted octanol–water partition coefficient (Wildman–Crippen LogP) is 6.17. The van der Waals surface area contributed by atoms with Crippen molar-refractivity contribution in [2.45, 2.75) is 30.9 Å². The number of thioether (sulfide) groups is 1. The molecule has 186 valence electrons. The summed E-state index contributed by atoms with van der Waals surface area (Å²) in [5, 5.41) is 17.4. The quantitative estimate of drug-likeness (QED) is 0.230. The monoisotopic (exact) mass is 529 g/mol. The summed E-state index contributed by atoms with van der Waals surface area (Å²) in [6.07, 6.45) is 0. The first-order valence-corrected chi connectivity index (χ1v) is 13.1. The van der Waals surface area contributed by atoms with Gasteiger partial charge in [0.1, 0.15) is 17.0 Å². The summed E-state index contributed by atoms with van der Waals surface area (Å²) in [7, 11) is 0. The maximum atomic E-state index is 13.2. The van der Waals surface area contributed by atoms with Gasteiger partial charge in [-0.25, -0.2) is 0 Å². The molecule has 0 radical (unpaired) electrons. The molecule has 5 rings (SSSR count). The van der Waals surface area contributed by atoms with Crippen LogP contribution in [0.2, 0.25) is 5.02 Å². The molecule has 5 aromatic rings. The van der Waals surface area contributed by atoms with Crippen LogP contribution in [0.1, 0.15) is 33.1 Å². The normalized spacial score (nSPS) is 11.0. The van der Waals surface area contributed by atoms with Crippen LogP contribution >= 0.6 is 23.4 Å². The third kappa shape index (κ3) is 5.76. The minimum absolute atomic E-state index is 0.199. The average molecular weight is 530 g/mol. The van der Waals surface area contributed by atoms with Gasteiger partial charge in [-0.1, -0.05) is 107 Å². The van der Waals surface area contributed by atoms with Gasteiger partial charge >= 0.3 is 0 Å². The lowest BCUT2D eigenvalue weighted by Gasteiger charge is -2.12. The summed E-state index contributed by atoms with van der Waals surface area (Å²) in [5.41, 5.74) is 3.87. The minimum atomic E-state index is -0.280. The maximum Gasteiger partial charge on any atom is 0.257 e. The zero-order valence-electron chi connectivity index (χ0n) is 20.1. The Labute approximate surface area is 223 Å². The molecule has 0 bridgehead atoms. The third-order valence-corrected chi connectivity index (χ3v) is 7.22. The number of carbonyl (C=O) groups excluding carboxylic acids is 1. The summed E-state index contributed by atoms with van der Waals surface area (Å²) >= 11 is 7.91. The van der Waals surface area contributed by atoms with Crippen LogP contribution in [0.4, 0.5) is 0 Å². The average Bonchev–Trinajstić information content (AvgIpc) is 3.50. The lowest BCUT2D eigenvalue weighted by Crippen LogP contribution is -2.25. The zero-order valence-corrected chi connectivity index (χ0v) is 21.7. The van der Waals surface area contributed by atoms with Gasteiger partial charge in [0.15, 0.2) is 11.0 Å². The van der Waals surface area contributed by atoms with E-state index < -0.39 is 0 Å². The van der Waals surface area contributed by atoms with Crippen LogP contribution in [0, 0.1) is 6.92 Å². The Hall–Kier alpha value is -3.88. The van der Waals surface area contributed by atoms with Crippen LogP contribution in [-0.2, 0) is 18.8 Å². The second-order valence-corrected chi connectivity index (χ2v) is 9.71. The van der Waals surface area contributed by atoms with Gasteiger partial charge in [-0.3, -0.25) is 4.79 Å². The lowest BCUT2D eigenvalue weighted by molar-refractivity contribution is 0.0948. The Bertz CT molecular complexity index is 1500. The van der Waals surface area contributed by atoms with Gasteiger partial charge in [0.2, 0.25) is 0 Å². The van der Waals surface area contributed by atoms with E-state index in [-0.39, 0.29) is 12.5 Å². The summed E-state index contributed by atoms with van der Waals surface area (Å²) in [5.74, 6) is 1.48. The molecule has 0 fully saturated rings. The molecule has 9 heteroatoms. The van der Waals surface area contributed by atoms with Crippen molar-refractivity contribution in [3.8, 4) is 11.3 Å². The van der Waals surface area contributed by atoms with E-state index in [4.69, 9.17) is 16.1 Å². The van der Waals surface area contributed by atoms with E-state index in [1.165, 1.54) is 0 Å². The Morgan fingerprint density at radius 1 is 0.973 bits per heavy atom. The number of hydrogen-bond donors (Lipinski definition) is 1. The summed E-state index contributed by atoms with van der Waals surface area (Å²) in [6, 6.07) is 27.3. The highest BCUT2D eigenvalue weighted by Crippen LogP contribution is 2.27. The number of nitrogens with zero attached hydrogens (tertiary/aromatic N) is 4. The molecule has 0 spiro atoms. The van der Waals surface area contributed by atoms with Gasteiger partial charge in [-0.15, -0.1) is 10.2 Å². The molecule has 1 N–H and O–H groups in total. The fraction of sp³-hybridized carbons (Fsp3) is 0.143. The van der Waals surface area contributed by atoms with Crippen LogP contribution in [0.3, 0.4) is 0 Å². The Balaban J connectivity index is 1.37. The molecule has 2 aromatic heterocycles. The summed E-state index contributed by atoms with van der Waals surface area (Å²) in [4.78, 5) is 13.2.